The van der Waals surface area contributed by atoms with E-state index < -0.39 is 0 Å². The van der Waals surface area contributed by atoms with Crippen LogP contribution in [-0.4, -0.2) is 62.8 Å². The van der Waals surface area contributed by atoms with Gasteiger partial charge in [0.2, 0.25) is 5.75 Å². The van der Waals surface area contributed by atoms with Crippen LogP contribution < -0.4 is 14.2 Å². The molecule has 23 heavy (non-hydrogen) atoms. The second-order valence-electron chi connectivity index (χ2n) is 6.60. The molecule has 2 aliphatic heterocycles. The van der Waals surface area contributed by atoms with Gasteiger partial charge in [-0.25, -0.2) is 0 Å². The summed E-state index contributed by atoms with van der Waals surface area (Å²) in [6, 6.07) is 5.43. The maximum atomic E-state index is 5.47. The molecule has 3 rings (SSSR count). The van der Waals surface area contributed by atoms with Gasteiger partial charge >= 0.3 is 0 Å². The van der Waals surface area contributed by atoms with Crippen LogP contribution >= 0.6 is 0 Å². The van der Waals surface area contributed by atoms with E-state index in [9.17, 15) is 0 Å². The largest absolute Gasteiger partial charge is 0.493 e. The smallest absolute Gasteiger partial charge is 0.203 e. The first kappa shape index (κ1) is 16.4. The van der Waals surface area contributed by atoms with E-state index in [-0.39, 0.29) is 0 Å². The average molecular weight is 320 g/mol. The van der Waals surface area contributed by atoms with Crippen LogP contribution in [0.25, 0.3) is 0 Å². The molecule has 2 saturated heterocycles. The molecule has 0 unspecified atom stereocenters. The van der Waals surface area contributed by atoms with Crippen molar-refractivity contribution in [2.45, 2.75) is 38.4 Å². The number of methoxy groups -OCH3 is 3. The molecule has 0 aromatic heterocycles. The molecule has 0 N–H and O–H groups in total. The molecule has 0 radical (unpaired) electrons. The predicted molar refractivity (Wildman–Crippen MR) is 90.6 cm³/mol. The van der Waals surface area contributed by atoms with Gasteiger partial charge in [-0.05, 0) is 44.0 Å². The number of rotatable bonds is 5. The standard InChI is InChI=1S/C18H28N2O3/c1-13-10-19-7-5-6-15(19)12-20(13)11-14-8-16(21-2)18(23-4)17(9-14)22-3/h8-9,13,15H,5-7,10-12H2,1-4H3/t13-,15+/m1/s1. The minimum absolute atomic E-state index is 0.573. The van der Waals surface area contributed by atoms with Gasteiger partial charge in [-0.1, -0.05) is 0 Å². The average Bonchev–Trinajstić information content (AvgIpc) is 3.01. The molecule has 5 heteroatoms. The SMILES string of the molecule is COc1cc(CN2C[C@@H]3CCCN3C[C@H]2C)cc(OC)c1OC. The van der Waals surface area contributed by atoms with E-state index in [1.807, 2.05) is 0 Å². The fourth-order valence-corrected chi connectivity index (χ4v) is 3.93. The highest BCUT2D eigenvalue weighted by atomic mass is 16.5. The summed E-state index contributed by atoms with van der Waals surface area (Å²) in [6.07, 6.45) is 2.67. The summed E-state index contributed by atoms with van der Waals surface area (Å²) in [7, 11) is 4.98. The molecule has 2 fully saturated rings. The number of hydrogen-bond acceptors (Lipinski definition) is 5. The minimum Gasteiger partial charge on any atom is -0.493 e. The van der Waals surface area contributed by atoms with Crippen molar-refractivity contribution in [3.05, 3.63) is 17.7 Å². The van der Waals surface area contributed by atoms with Gasteiger partial charge in [-0.3, -0.25) is 9.80 Å². The van der Waals surface area contributed by atoms with Crippen molar-refractivity contribution in [3.63, 3.8) is 0 Å². The molecular weight excluding hydrogens is 292 g/mol. The third kappa shape index (κ3) is 3.26. The number of fused-ring (bicyclic) bond motifs is 1. The predicted octanol–water partition coefficient (Wildman–Crippen LogP) is 2.38. The highest BCUT2D eigenvalue weighted by Crippen LogP contribution is 2.39. The fourth-order valence-electron chi connectivity index (χ4n) is 3.93. The third-order valence-corrected chi connectivity index (χ3v) is 5.18. The molecule has 2 atom stereocenters. The zero-order chi connectivity index (χ0) is 16.4. The lowest BCUT2D eigenvalue weighted by molar-refractivity contribution is 0.0539. The Hall–Kier alpha value is -1.46. The maximum absolute atomic E-state index is 5.47. The lowest BCUT2D eigenvalue weighted by Crippen LogP contribution is -2.54. The molecule has 1 aromatic carbocycles. The summed E-state index contributed by atoms with van der Waals surface area (Å²) in [5, 5.41) is 0. The summed E-state index contributed by atoms with van der Waals surface area (Å²) in [5.41, 5.74) is 1.21. The first-order valence-electron chi connectivity index (χ1n) is 8.43. The molecular formula is C18H28N2O3. The highest BCUT2D eigenvalue weighted by molar-refractivity contribution is 5.53. The van der Waals surface area contributed by atoms with Crippen molar-refractivity contribution in [3.8, 4) is 17.2 Å². The summed E-state index contributed by atoms with van der Waals surface area (Å²) in [6.45, 7) is 6.84. The fraction of sp³-hybridized carbons (Fsp3) is 0.667. The van der Waals surface area contributed by atoms with Gasteiger partial charge in [0.05, 0.1) is 21.3 Å². The molecule has 0 amide bonds. The number of piperazine rings is 1. The number of benzene rings is 1. The second kappa shape index (κ2) is 6.97. The van der Waals surface area contributed by atoms with Crippen LogP contribution in [0.3, 0.4) is 0 Å². The van der Waals surface area contributed by atoms with Crippen molar-refractivity contribution in [2.24, 2.45) is 0 Å². The summed E-state index contributed by atoms with van der Waals surface area (Å²) < 4.78 is 16.4. The Morgan fingerprint density at radius 2 is 1.74 bits per heavy atom. The molecule has 0 bridgehead atoms. The number of hydrogen-bond donors (Lipinski definition) is 0. The zero-order valence-electron chi connectivity index (χ0n) is 14.7. The minimum atomic E-state index is 0.573. The van der Waals surface area contributed by atoms with Crippen molar-refractivity contribution in [1.82, 2.24) is 9.80 Å². The van der Waals surface area contributed by atoms with Crippen LogP contribution in [0.4, 0.5) is 0 Å². The summed E-state index contributed by atoms with van der Waals surface area (Å²) in [4.78, 5) is 5.23. The van der Waals surface area contributed by atoms with Crippen LogP contribution in [-0.2, 0) is 6.54 Å². The topological polar surface area (TPSA) is 34.2 Å². The van der Waals surface area contributed by atoms with E-state index in [2.05, 4.69) is 28.9 Å². The lowest BCUT2D eigenvalue weighted by Gasteiger charge is -2.42. The first-order valence-corrected chi connectivity index (χ1v) is 8.43. The molecule has 5 nitrogen and oxygen atoms in total. The Morgan fingerprint density at radius 3 is 2.35 bits per heavy atom. The van der Waals surface area contributed by atoms with E-state index >= 15 is 0 Å². The molecule has 0 spiro atoms. The lowest BCUT2D eigenvalue weighted by atomic mass is 10.1. The van der Waals surface area contributed by atoms with Gasteiger partial charge in [0.1, 0.15) is 0 Å². The number of ether oxygens (including phenoxy) is 3. The number of nitrogens with zero attached hydrogens (tertiary/aromatic N) is 2. The Morgan fingerprint density at radius 1 is 1.04 bits per heavy atom. The summed E-state index contributed by atoms with van der Waals surface area (Å²) in [5.74, 6) is 2.12. The summed E-state index contributed by atoms with van der Waals surface area (Å²) >= 11 is 0. The van der Waals surface area contributed by atoms with Gasteiger partial charge in [-0.15, -0.1) is 0 Å². The quantitative estimate of drug-likeness (QED) is 0.832. The highest BCUT2D eigenvalue weighted by Gasteiger charge is 2.34. The van der Waals surface area contributed by atoms with Gasteiger partial charge in [0.15, 0.2) is 11.5 Å². The van der Waals surface area contributed by atoms with Crippen LogP contribution in [0.15, 0.2) is 12.1 Å². The normalized spacial score (nSPS) is 25.2. The van der Waals surface area contributed by atoms with Crippen molar-refractivity contribution in [1.29, 1.82) is 0 Å². The maximum Gasteiger partial charge on any atom is 0.203 e. The van der Waals surface area contributed by atoms with Crippen molar-refractivity contribution in [2.75, 3.05) is 41.0 Å². The van der Waals surface area contributed by atoms with Crippen LogP contribution in [0.2, 0.25) is 0 Å². The van der Waals surface area contributed by atoms with Gasteiger partial charge in [0, 0.05) is 31.7 Å². The molecule has 1 aromatic rings. The molecule has 0 saturated carbocycles. The Kier molecular flexibility index (Phi) is 4.97. The van der Waals surface area contributed by atoms with Crippen LogP contribution in [0.5, 0.6) is 17.2 Å². The molecule has 128 valence electrons. The molecule has 0 aliphatic carbocycles. The van der Waals surface area contributed by atoms with Crippen LogP contribution in [0, 0.1) is 0 Å². The van der Waals surface area contributed by atoms with Crippen molar-refractivity contribution >= 4 is 0 Å². The third-order valence-electron chi connectivity index (χ3n) is 5.18. The van der Waals surface area contributed by atoms with Gasteiger partial charge in [0.25, 0.3) is 0 Å². The van der Waals surface area contributed by atoms with Gasteiger partial charge < -0.3 is 14.2 Å². The Labute approximate surface area is 139 Å². The van der Waals surface area contributed by atoms with E-state index in [1.165, 1.54) is 31.5 Å². The van der Waals surface area contributed by atoms with E-state index in [1.54, 1.807) is 21.3 Å². The Bertz CT molecular complexity index is 524. The van der Waals surface area contributed by atoms with E-state index in [4.69, 9.17) is 14.2 Å². The van der Waals surface area contributed by atoms with Crippen LogP contribution in [0.1, 0.15) is 25.3 Å². The van der Waals surface area contributed by atoms with E-state index in [0.29, 0.717) is 11.8 Å². The monoisotopic (exact) mass is 320 g/mol. The zero-order valence-corrected chi connectivity index (χ0v) is 14.7. The Balaban J connectivity index is 1.79. The van der Waals surface area contributed by atoms with Gasteiger partial charge in [-0.2, -0.15) is 0 Å². The van der Waals surface area contributed by atoms with E-state index in [0.717, 1.165) is 30.6 Å². The molecule has 2 aliphatic rings. The molecule has 2 heterocycles. The van der Waals surface area contributed by atoms with Crippen molar-refractivity contribution < 1.29 is 14.2 Å². The second-order valence-corrected chi connectivity index (χ2v) is 6.60. The first-order chi connectivity index (χ1) is 11.2.